The van der Waals surface area contributed by atoms with E-state index in [1.807, 2.05) is 24.3 Å². The third-order valence-corrected chi connectivity index (χ3v) is 3.10. The van der Waals surface area contributed by atoms with E-state index in [-0.39, 0.29) is 6.04 Å². The summed E-state index contributed by atoms with van der Waals surface area (Å²) in [7, 11) is 0. The Morgan fingerprint density at radius 3 is 1.58 bits per heavy atom. The van der Waals surface area contributed by atoms with Gasteiger partial charge in [-0.3, -0.25) is 0 Å². The van der Waals surface area contributed by atoms with Crippen LogP contribution in [0.15, 0.2) is 48.5 Å². The highest BCUT2D eigenvalue weighted by molar-refractivity contribution is 5.76. The van der Waals surface area contributed by atoms with E-state index in [9.17, 15) is 0 Å². The summed E-state index contributed by atoms with van der Waals surface area (Å²) in [4.78, 5) is 0. The molecule has 0 spiro atoms. The summed E-state index contributed by atoms with van der Waals surface area (Å²) in [5.74, 6) is 0. The van der Waals surface area contributed by atoms with E-state index in [1.165, 1.54) is 28.7 Å². The molecule has 2 aromatic carbocycles. The van der Waals surface area contributed by atoms with Gasteiger partial charge in [0, 0.05) is 0 Å². The lowest BCUT2D eigenvalue weighted by atomic mass is 9.95. The molecule has 19 heavy (non-hydrogen) atoms. The van der Waals surface area contributed by atoms with Crippen molar-refractivity contribution in [3.8, 4) is 0 Å². The first-order valence-electron chi connectivity index (χ1n) is 6.89. The second kappa shape index (κ2) is 6.35. The molecule has 1 aliphatic rings. The summed E-state index contributed by atoms with van der Waals surface area (Å²) in [6.45, 7) is 4.25. The molecular weight excluding hydrogens is 230 g/mol. The van der Waals surface area contributed by atoms with Crippen molar-refractivity contribution < 1.29 is 0 Å². The maximum Gasteiger partial charge on any atom is 0.0563 e. The Bertz CT molecular complexity index is 520. The summed E-state index contributed by atoms with van der Waals surface area (Å²) in [6, 6.07) is 16.6. The summed E-state index contributed by atoms with van der Waals surface area (Å²) in [5.41, 5.74) is 11.1. The van der Waals surface area contributed by atoms with Gasteiger partial charge in [0.25, 0.3) is 0 Å². The third kappa shape index (κ3) is 2.94. The van der Waals surface area contributed by atoms with Crippen LogP contribution in [0, 0.1) is 0 Å². The van der Waals surface area contributed by atoms with E-state index >= 15 is 0 Å². The number of nitrogens with two attached hydrogens (primary N) is 1. The maximum atomic E-state index is 6.32. The Hall–Kier alpha value is -1.86. The maximum absolute atomic E-state index is 6.32. The fourth-order valence-corrected chi connectivity index (χ4v) is 2.24. The van der Waals surface area contributed by atoms with Gasteiger partial charge in [-0.25, -0.2) is 0 Å². The van der Waals surface area contributed by atoms with Crippen molar-refractivity contribution in [2.75, 3.05) is 0 Å². The predicted molar refractivity (Wildman–Crippen MR) is 83.8 cm³/mol. The summed E-state index contributed by atoms with van der Waals surface area (Å²) < 4.78 is 0. The molecule has 1 nitrogen and oxygen atoms in total. The Balaban J connectivity index is 0.000000408. The van der Waals surface area contributed by atoms with E-state index in [4.69, 9.17) is 5.73 Å². The van der Waals surface area contributed by atoms with Crippen LogP contribution in [0.2, 0.25) is 0 Å². The molecule has 0 aliphatic heterocycles. The average molecular weight is 251 g/mol. The van der Waals surface area contributed by atoms with Gasteiger partial charge in [0.05, 0.1) is 6.04 Å². The van der Waals surface area contributed by atoms with Crippen LogP contribution in [-0.2, 0) is 0 Å². The van der Waals surface area contributed by atoms with Gasteiger partial charge < -0.3 is 5.73 Å². The van der Waals surface area contributed by atoms with Crippen molar-refractivity contribution in [1.29, 1.82) is 0 Å². The second-order valence-corrected chi connectivity index (χ2v) is 4.78. The SMILES string of the molecule is CCC.NC1c2ccccc2C=Cc2ccccc21. The Labute approximate surface area is 115 Å². The zero-order valence-corrected chi connectivity index (χ0v) is 11.6. The normalized spacial score (nSPS) is 12.8. The lowest BCUT2D eigenvalue weighted by molar-refractivity contribution is 0.869. The highest BCUT2D eigenvalue weighted by Crippen LogP contribution is 2.30. The van der Waals surface area contributed by atoms with Gasteiger partial charge in [-0.2, -0.15) is 0 Å². The van der Waals surface area contributed by atoms with Crippen molar-refractivity contribution in [3.63, 3.8) is 0 Å². The lowest BCUT2D eigenvalue weighted by Crippen LogP contribution is -2.13. The number of rotatable bonds is 0. The molecule has 0 aromatic heterocycles. The van der Waals surface area contributed by atoms with Crippen molar-refractivity contribution in [3.05, 3.63) is 70.8 Å². The number of hydrogen-bond donors (Lipinski definition) is 1. The molecule has 0 amide bonds. The zero-order valence-electron chi connectivity index (χ0n) is 11.6. The first kappa shape index (κ1) is 13.6. The van der Waals surface area contributed by atoms with E-state index in [1.54, 1.807) is 0 Å². The van der Waals surface area contributed by atoms with Gasteiger partial charge in [-0.05, 0) is 22.3 Å². The van der Waals surface area contributed by atoms with Crippen molar-refractivity contribution >= 4 is 12.2 Å². The first-order valence-corrected chi connectivity index (χ1v) is 6.89. The van der Waals surface area contributed by atoms with Gasteiger partial charge in [0.2, 0.25) is 0 Å². The van der Waals surface area contributed by atoms with Crippen LogP contribution in [0.1, 0.15) is 48.6 Å². The second-order valence-electron chi connectivity index (χ2n) is 4.78. The topological polar surface area (TPSA) is 26.0 Å². The van der Waals surface area contributed by atoms with Crippen LogP contribution in [-0.4, -0.2) is 0 Å². The molecular formula is C18H21N. The van der Waals surface area contributed by atoms with E-state index < -0.39 is 0 Å². The summed E-state index contributed by atoms with van der Waals surface area (Å²) >= 11 is 0. The molecule has 2 N–H and O–H groups in total. The molecule has 0 radical (unpaired) electrons. The predicted octanol–water partition coefficient (Wildman–Crippen LogP) is 4.63. The van der Waals surface area contributed by atoms with Crippen molar-refractivity contribution in [2.24, 2.45) is 5.73 Å². The number of benzene rings is 2. The molecule has 3 rings (SSSR count). The van der Waals surface area contributed by atoms with Gasteiger partial charge in [-0.1, -0.05) is 81.0 Å². The van der Waals surface area contributed by atoms with Gasteiger partial charge in [-0.15, -0.1) is 0 Å². The molecule has 98 valence electrons. The van der Waals surface area contributed by atoms with E-state index in [0.29, 0.717) is 0 Å². The highest BCUT2D eigenvalue weighted by Gasteiger charge is 2.16. The fourth-order valence-electron chi connectivity index (χ4n) is 2.24. The minimum absolute atomic E-state index is 0.0256. The fraction of sp³-hybridized carbons (Fsp3) is 0.222. The smallest absolute Gasteiger partial charge is 0.0563 e. The largest absolute Gasteiger partial charge is 0.320 e. The Morgan fingerprint density at radius 2 is 1.16 bits per heavy atom. The molecule has 0 saturated heterocycles. The van der Waals surface area contributed by atoms with Crippen LogP contribution >= 0.6 is 0 Å². The monoisotopic (exact) mass is 251 g/mol. The highest BCUT2D eigenvalue weighted by atomic mass is 14.6. The minimum atomic E-state index is -0.0256. The summed E-state index contributed by atoms with van der Waals surface area (Å²) in [6.07, 6.45) is 5.53. The van der Waals surface area contributed by atoms with Crippen LogP contribution in [0.25, 0.3) is 12.2 Å². The average Bonchev–Trinajstić information content (AvgIpc) is 2.59. The Morgan fingerprint density at radius 1 is 0.789 bits per heavy atom. The lowest BCUT2D eigenvalue weighted by Gasteiger charge is -2.14. The Kier molecular flexibility index (Phi) is 4.53. The molecule has 1 aliphatic carbocycles. The van der Waals surface area contributed by atoms with Crippen LogP contribution in [0.4, 0.5) is 0 Å². The van der Waals surface area contributed by atoms with Crippen molar-refractivity contribution in [1.82, 2.24) is 0 Å². The van der Waals surface area contributed by atoms with Gasteiger partial charge >= 0.3 is 0 Å². The molecule has 0 unspecified atom stereocenters. The van der Waals surface area contributed by atoms with Gasteiger partial charge in [0.15, 0.2) is 0 Å². The van der Waals surface area contributed by atoms with Crippen LogP contribution in [0.5, 0.6) is 0 Å². The molecule has 0 fully saturated rings. The quantitative estimate of drug-likeness (QED) is 0.725. The molecule has 1 heteroatoms. The van der Waals surface area contributed by atoms with E-state index in [0.717, 1.165) is 0 Å². The number of fused-ring (bicyclic) bond motifs is 2. The van der Waals surface area contributed by atoms with E-state index in [2.05, 4.69) is 50.3 Å². The summed E-state index contributed by atoms with van der Waals surface area (Å²) in [5, 5.41) is 0. The first-order chi connectivity index (χ1) is 9.27. The van der Waals surface area contributed by atoms with Gasteiger partial charge in [0.1, 0.15) is 0 Å². The van der Waals surface area contributed by atoms with Crippen LogP contribution < -0.4 is 5.73 Å². The third-order valence-electron chi connectivity index (χ3n) is 3.10. The standard InChI is InChI=1S/C15H13N.C3H8/c16-15-13-7-3-1-5-11(13)9-10-12-6-2-4-8-14(12)15;1-3-2/h1-10,15H,16H2;3H2,1-2H3. The molecule has 0 atom stereocenters. The zero-order chi connectivity index (χ0) is 13.7. The molecule has 2 aromatic rings. The molecule has 0 heterocycles. The number of hydrogen-bond acceptors (Lipinski definition) is 1. The van der Waals surface area contributed by atoms with Crippen LogP contribution in [0.3, 0.4) is 0 Å². The molecule has 0 saturated carbocycles. The van der Waals surface area contributed by atoms with Crippen molar-refractivity contribution in [2.45, 2.75) is 26.3 Å². The molecule has 0 bridgehead atoms. The minimum Gasteiger partial charge on any atom is -0.320 e.